The number of carbonyl (C=O) groups is 2. The second-order valence-electron chi connectivity index (χ2n) is 6.31. The van der Waals surface area contributed by atoms with Gasteiger partial charge in [-0.05, 0) is 64.5 Å². The number of halogens is 1. The highest BCUT2D eigenvalue weighted by Gasteiger charge is 2.15. The SMILES string of the molecule is Brc1ccccn1.COC(=O)c1cccnc1OC.COc1ncccc1C(=O)c1ccccn1. The first-order valence-corrected chi connectivity index (χ1v) is 10.9. The number of pyridine rings is 4. The van der Waals surface area contributed by atoms with Crippen LogP contribution in [0.2, 0.25) is 0 Å². The van der Waals surface area contributed by atoms with Gasteiger partial charge in [0.1, 0.15) is 15.9 Å². The highest BCUT2D eigenvalue weighted by Crippen LogP contribution is 2.17. The van der Waals surface area contributed by atoms with Crippen molar-refractivity contribution >= 4 is 27.7 Å². The van der Waals surface area contributed by atoms with Crippen molar-refractivity contribution in [3.8, 4) is 11.8 Å². The Bertz CT molecular complexity index is 1210. The molecule has 0 unspecified atom stereocenters. The van der Waals surface area contributed by atoms with Crippen molar-refractivity contribution in [2.24, 2.45) is 0 Å². The standard InChI is InChI=1S/C12H10N2O2.C8H9NO3.C5H4BrN/c1-16-12-9(5-4-8-14-12)11(15)10-6-2-3-7-13-10;1-11-7-6(8(10)12-2)4-3-5-9-7;6-5-3-1-2-4-7-5/h2-8H,1H3;3-5H,1-2H3;1-4H. The zero-order chi connectivity index (χ0) is 25.5. The Labute approximate surface area is 211 Å². The molecule has 180 valence electrons. The van der Waals surface area contributed by atoms with Gasteiger partial charge >= 0.3 is 5.97 Å². The number of esters is 1. The summed E-state index contributed by atoms with van der Waals surface area (Å²) in [5.41, 5.74) is 1.14. The van der Waals surface area contributed by atoms with Crippen LogP contribution in [-0.4, -0.2) is 53.0 Å². The van der Waals surface area contributed by atoms with Crippen LogP contribution in [0.5, 0.6) is 11.8 Å². The third-order valence-corrected chi connectivity index (χ3v) is 4.57. The highest BCUT2D eigenvalue weighted by atomic mass is 79.9. The molecule has 0 aromatic carbocycles. The second kappa shape index (κ2) is 14.9. The molecule has 0 spiro atoms. The molecule has 0 aliphatic heterocycles. The quantitative estimate of drug-likeness (QED) is 0.206. The summed E-state index contributed by atoms with van der Waals surface area (Å²) in [5.74, 6) is -0.0343. The van der Waals surface area contributed by atoms with Gasteiger partial charge in [-0.25, -0.2) is 19.7 Å². The van der Waals surface area contributed by atoms with Gasteiger partial charge in [-0.1, -0.05) is 12.1 Å². The van der Waals surface area contributed by atoms with Gasteiger partial charge in [0.05, 0.1) is 26.9 Å². The van der Waals surface area contributed by atoms with Gasteiger partial charge in [0.25, 0.3) is 0 Å². The number of rotatable bonds is 5. The summed E-state index contributed by atoms with van der Waals surface area (Å²) in [6.07, 6.45) is 6.44. The lowest BCUT2D eigenvalue weighted by Crippen LogP contribution is -2.06. The van der Waals surface area contributed by atoms with Gasteiger partial charge in [0, 0.05) is 24.8 Å². The largest absolute Gasteiger partial charge is 0.480 e. The molecule has 35 heavy (non-hydrogen) atoms. The zero-order valence-electron chi connectivity index (χ0n) is 19.3. The van der Waals surface area contributed by atoms with Gasteiger partial charge in [0.15, 0.2) is 0 Å². The van der Waals surface area contributed by atoms with Gasteiger partial charge in [-0.2, -0.15) is 0 Å². The van der Waals surface area contributed by atoms with E-state index in [1.807, 2.05) is 18.2 Å². The molecule has 0 saturated heterocycles. The first-order valence-electron chi connectivity index (χ1n) is 10.1. The monoisotopic (exact) mass is 538 g/mol. The molecule has 10 heteroatoms. The number of hydrogen-bond acceptors (Lipinski definition) is 9. The number of ketones is 1. The van der Waals surface area contributed by atoms with Gasteiger partial charge in [-0.3, -0.25) is 9.78 Å². The number of carbonyl (C=O) groups excluding carboxylic acids is 2. The van der Waals surface area contributed by atoms with Crippen LogP contribution < -0.4 is 9.47 Å². The summed E-state index contributed by atoms with van der Waals surface area (Å²) in [4.78, 5) is 38.8. The molecule has 0 aliphatic carbocycles. The summed E-state index contributed by atoms with van der Waals surface area (Å²) in [5, 5.41) is 0. The molecule has 0 fully saturated rings. The van der Waals surface area contributed by atoms with E-state index in [-0.39, 0.29) is 11.7 Å². The van der Waals surface area contributed by atoms with E-state index >= 15 is 0 Å². The Kier molecular flexibility index (Phi) is 11.5. The minimum atomic E-state index is -0.444. The fraction of sp³-hybridized carbons (Fsp3) is 0.120. The molecule has 0 aliphatic rings. The second-order valence-corrected chi connectivity index (χ2v) is 7.12. The van der Waals surface area contributed by atoms with Crippen molar-refractivity contribution in [1.82, 2.24) is 19.9 Å². The normalized spacial score (nSPS) is 9.37. The van der Waals surface area contributed by atoms with Crippen molar-refractivity contribution in [1.29, 1.82) is 0 Å². The van der Waals surface area contributed by atoms with E-state index in [0.29, 0.717) is 22.7 Å². The van der Waals surface area contributed by atoms with Gasteiger partial charge in [-0.15, -0.1) is 0 Å². The summed E-state index contributed by atoms with van der Waals surface area (Å²) >= 11 is 3.20. The van der Waals surface area contributed by atoms with E-state index in [9.17, 15) is 9.59 Å². The van der Waals surface area contributed by atoms with Crippen LogP contribution in [0.15, 0.2) is 90.1 Å². The molecule has 0 atom stereocenters. The molecule has 4 heterocycles. The molecule has 4 aromatic heterocycles. The third-order valence-electron chi connectivity index (χ3n) is 4.11. The number of hydrogen-bond donors (Lipinski definition) is 0. The smallest absolute Gasteiger partial charge is 0.343 e. The minimum absolute atomic E-state index is 0.189. The maximum Gasteiger partial charge on any atom is 0.343 e. The lowest BCUT2D eigenvalue weighted by molar-refractivity contribution is 0.0596. The molecular formula is C25H23BrN4O5. The van der Waals surface area contributed by atoms with Crippen molar-refractivity contribution < 1.29 is 23.8 Å². The van der Waals surface area contributed by atoms with Crippen molar-refractivity contribution in [2.75, 3.05) is 21.3 Å². The third kappa shape index (κ3) is 8.59. The van der Waals surface area contributed by atoms with Crippen LogP contribution in [0.3, 0.4) is 0 Å². The molecule has 4 rings (SSSR count). The van der Waals surface area contributed by atoms with Crippen LogP contribution in [0.4, 0.5) is 0 Å². The molecule has 0 N–H and O–H groups in total. The Morgan fingerprint density at radius 2 is 1.20 bits per heavy atom. The van der Waals surface area contributed by atoms with Crippen LogP contribution >= 0.6 is 15.9 Å². The summed E-state index contributed by atoms with van der Waals surface area (Å²) in [6.45, 7) is 0. The Morgan fingerprint density at radius 1 is 0.657 bits per heavy atom. The Balaban J connectivity index is 0.000000200. The minimum Gasteiger partial charge on any atom is -0.480 e. The lowest BCUT2D eigenvalue weighted by atomic mass is 10.1. The summed E-state index contributed by atoms with van der Waals surface area (Å²) in [6, 6.07) is 17.5. The fourth-order valence-electron chi connectivity index (χ4n) is 2.52. The van der Waals surface area contributed by atoms with E-state index in [1.54, 1.807) is 67.3 Å². The van der Waals surface area contributed by atoms with Crippen molar-refractivity contribution in [3.63, 3.8) is 0 Å². The van der Waals surface area contributed by atoms with Gasteiger partial charge < -0.3 is 14.2 Å². The molecule has 0 saturated carbocycles. The van der Waals surface area contributed by atoms with Crippen LogP contribution in [0, 0.1) is 0 Å². The Hall–Kier alpha value is -4.18. The first-order chi connectivity index (χ1) is 17.0. The van der Waals surface area contributed by atoms with Crippen LogP contribution in [0.25, 0.3) is 0 Å². The molecule has 9 nitrogen and oxygen atoms in total. The average molecular weight is 539 g/mol. The van der Waals surface area contributed by atoms with Crippen LogP contribution in [0.1, 0.15) is 26.4 Å². The fourth-order valence-corrected chi connectivity index (χ4v) is 2.79. The number of methoxy groups -OCH3 is 3. The van der Waals surface area contributed by atoms with E-state index in [1.165, 1.54) is 21.3 Å². The first kappa shape index (κ1) is 27.1. The molecule has 0 amide bonds. The maximum atomic E-state index is 12.0. The number of aromatic nitrogens is 4. The predicted molar refractivity (Wildman–Crippen MR) is 133 cm³/mol. The van der Waals surface area contributed by atoms with E-state index in [2.05, 4.69) is 40.6 Å². The maximum absolute atomic E-state index is 12.0. The zero-order valence-corrected chi connectivity index (χ0v) is 20.9. The van der Waals surface area contributed by atoms with E-state index in [4.69, 9.17) is 9.47 Å². The molecule has 0 radical (unpaired) electrons. The van der Waals surface area contributed by atoms with Gasteiger partial charge in [0.2, 0.25) is 17.5 Å². The van der Waals surface area contributed by atoms with Crippen molar-refractivity contribution in [2.45, 2.75) is 0 Å². The average Bonchev–Trinajstić information content (AvgIpc) is 2.93. The molecule has 0 bridgehead atoms. The number of ether oxygens (including phenoxy) is 3. The van der Waals surface area contributed by atoms with Crippen LogP contribution in [-0.2, 0) is 4.74 Å². The van der Waals surface area contributed by atoms with E-state index < -0.39 is 5.97 Å². The predicted octanol–water partition coefficient (Wildman–Crippen LogP) is 4.44. The lowest BCUT2D eigenvalue weighted by Gasteiger charge is -2.04. The molecule has 4 aromatic rings. The van der Waals surface area contributed by atoms with E-state index in [0.717, 1.165) is 4.60 Å². The van der Waals surface area contributed by atoms with Crippen molar-refractivity contribution in [3.05, 3.63) is 107 Å². The Morgan fingerprint density at radius 3 is 1.66 bits per heavy atom. The topological polar surface area (TPSA) is 113 Å². The molecular weight excluding hydrogens is 516 g/mol. The highest BCUT2D eigenvalue weighted by molar-refractivity contribution is 9.10. The summed E-state index contributed by atoms with van der Waals surface area (Å²) < 4.78 is 15.3. The number of nitrogens with zero attached hydrogens (tertiary/aromatic N) is 4. The summed E-state index contributed by atoms with van der Waals surface area (Å²) in [7, 11) is 4.25.